The van der Waals surface area contributed by atoms with Crippen LogP contribution < -0.4 is 16.0 Å². The average Bonchev–Trinajstić information content (AvgIpc) is 2.77. The largest absolute Gasteiger partial charge is 0.395 e. The predicted octanol–water partition coefficient (Wildman–Crippen LogP) is 1.69. The SMILES string of the molecule is CCN(CCO)c1ncnc(Nc2nc(C)c(C)s2)c1N. The summed E-state index contributed by atoms with van der Waals surface area (Å²) in [4.78, 5) is 15.9. The molecule has 7 nitrogen and oxygen atoms in total. The van der Waals surface area contributed by atoms with Gasteiger partial charge < -0.3 is 21.1 Å². The number of anilines is 4. The van der Waals surface area contributed by atoms with Gasteiger partial charge in [-0.3, -0.25) is 0 Å². The summed E-state index contributed by atoms with van der Waals surface area (Å²) in [6.07, 6.45) is 1.46. The summed E-state index contributed by atoms with van der Waals surface area (Å²) in [5, 5.41) is 13.0. The zero-order chi connectivity index (χ0) is 15.4. The van der Waals surface area contributed by atoms with E-state index in [1.54, 1.807) is 11.3 Å². The van der Waals surface area contributed by atoms with Crippen molar-refractivity contribution in [2.45, 2.75) is 20.8 Å². The molecule has 2 rings (SSSR count). The minimum atomic E-state index is 0.0465. The van der Waals surface area contributed by atoms with E-state index in [4.69, 9.17) is 10.8 Å². The number of aromatic nitrogens is 3. The van der Waals surface area contributed by atoms with Gasteiger partial charge in [-0.25, -0.2) is 15.0 Å². The summed E-state index contributed by atoms with van der Waals surface area (Å²) in [6, 6.07) is 0. The number of aliphatic hydroxyl groups excluding tert-OH is 1. The molecule has 0 aliphatic rings. The molecule has 4 N–H and O–H groups in total. The molecule has 0 spiro atoms. The molecule has 0 bridgehead atoms. The van der Waals surface area contributed by atoms with E-state index in [1.165, 1.54) is 6.33 Å². The Hall–Kier alpha value is -1.93. The van der Waals surface area contributed by atoms with E-state index in [0.717, 1.165) is 15.7 Å². The molecular formula is C13H20N6OS. The summed E-state index contributed by atoms with van der Waals surface area (Å²) in [6.45, 7) is 7.20. The number of thiazole rings is 1. The van der Waals surface area contributed by atoms with E-state index in [1.807, 2.05) is 25.7 Å². The highest BCUT2D eigenvalue weighted by atomic mass is 32.1. The maximum Gasteiger partial charge on any atom is 0.188 e. The molecule has 0 amide bonds. The number of aliphatic hydroxyl groups is 1. The molecule has 8 heteroatoms. The maximum atomic E-state index is 9.11. The van der Waals surface area contributed by atoms with Crippen LogP contribution >= 0.6 is 11.3 Å². The van der Waals surface area contributed by atoms with Crippen LogP contribution in [0.25, 0.3) is 0 Å². The second-order valence-corrected chi connectivity index (χ2v) is 5.75. The lowest BCUT2D eigenvalue weighted by Gasteiger charge is -2.22. The summed E-state index contributed by atoms with van der Waals surface area (Å²) >= 11 is 1.56. The molecule has 0 radical (unpaired) electrons. The van der Waals surface area contributed by atoms with Crippen LogP contribution in [-0.2, 0) is 0 Å². The summed E-state index contributed by atoms with van der Waals surface area (Å²) in [5.74, 6) is 1.15. The van der Waals surface area contributed by atoms with Gasteiger partial charge in [-0.15, -0.1) is 11.3 Å². The van der Waals surface area contributed by atoms with Crippen LogP contribution in [0.1, 0.15) is 17.5 Å². The van der Waals surface area contributed by atoms with E-state index in [9.17, 15) is 0 Å². The highest BCUT2D eigenvalue weighted by Gasteiger charge is 2.15. The first kappa shape index (κ1) is 15.5. The fourth-order valence-electron chi connectivity index (χ4n) is 1.90. The molecule has 2 heterocycles. The lowest BCUT2D eigenvalue weighted by Crippen LogP contribution is -2.28. The Labute approximate surface area is 127 Å². The van der Waals surface area contributed by atoms with Crippen LogP contribution in [0.3, 0.4) is 0 Å². The highest BCUT2D eigenvalue weighted by molar-refractivity contribution is 7.15. The van der Waals surface area contributed by atoms with Gasteiger partial charge in [0.1, 0.15) is 12.0 Å². The number of nitrogens with one attached hydrogen (secondary N) is 1. The average molecular weight is 308 g/mol. The molecule has 114 valence electrons. The summed E-state index contributed by atoms with van der Waals surface area (Å²) in [5.41, 5.74) is 7.60. The number of nitrogens with zero attached hydrogens (tertiary/aromatic N) is 4. The Balaban J connectivity index is 2.28. The number of hydrogen-bond acceptors (Lipinski definition) is 8. The zero-order valence-corrected chi connectivity index (χ0v) is 13.2. The minimum Gasteiger partial charge on any atom is -0.395 e. The van der Waals surface area contributed by atoms with Crippen molar-refractivity contribution >= 4 is 33.8 Å². The molecule has 0 aliphatic carbocycles. The number of likely N-dealkylation sites (N-methyl/N-ethyl adjacent to an activating group) is 1. The molecular weight excluding hydrogens is 288 g/mol. The maximum absolute atomic E-state index is 9.11. The second kappa shape index (κ2) is 6.68. The van der Waals surface area contributed by atoms with Crippen molar-refractivity contribution in [3.63, 3.8) is 0 Å². The fourth-order valence-corrected chi connectivity index (χ4v) is 2.71. The Morgan fingerprint density at radius 3 is 2.71 bits per heavy atom. The van der Waals surface area contributed by atoms with E-state index in [2.05, 4.69) is 20.3 Å². The van der Waals surface area contributed by atoms with Gasteiger partial charge in [0, 0.05) is 18.0 Å². The van der Waals surface area contributed by atoms with Crippen LogP contribution in [0.5, 0.6) is 0 Å². The molecule has 0 unspecified atom stereocenters. The second-order valence-electron chi connectivity index (χ2n) is 4.55. The zero-order valence-electron chi connectivity index (χ0n) is 12.4. The monoisotopic (exact) mass is 308 g/mol. The Morgan fingerprint density at radius 2 is 2.14 bits per heavy atom. The predicted molar refractivity (Wildman–Crippen MR) is 86.3 cm³/mol. The quantitative estimate of drug-likeness (QED) is 0.746. The minimum absolute atomic E-state index is 0.0465. The van der Waals surface area contributed by atoms with Crippen molar-refractivity contribution in [2.75, 3.05) is 35.6 Å². The molecule has 0 aromatic carbocycles. The van der Waals surface area contributed by atoms with Crippen LogP contribution in [-0.4, -0.2) is 39.8 Å². The summed E-state index contributed by atoms with van der Waals surface area (Å²) in [7, 11) is 0. The number of aryl methyl sites for hydroxylation is 2. The van der Waals surface area contributed by atoms with Crippen molar-refractivity contribution in [3.8, 4) is 0 Å². The van der Waals surface area contributed by atoms with Crippen molar-refractivity contribution in [2.24, 2.45) is 0 Å². The number of hydrogen-bond donors (Lipinski definition) is 3. The summed E-state index contributed by atoms with van der Waals surface area (Å²) < 4.78 is 0. The van der Waals surface area contributed by atoms with Crippen LogP contribution in [0.2, 0.25) is 0 Å². The normalized spacial score (nSPS) is 10.7. The van der Waals surface area contributed by atoms with Crippen molar-refractivity contribution in [1.82, 2.24) is 15.0 Å². The third-order valence-electron chi connectivity index (χ3n) is 3.17. The first-order chi connectivity index (χ1) is 10.1. The topological polar surface area (TPSA) is 100 Å². The highest BCUT2D eigenvalue weighted by Crippen LogP contribution is 2.30. The lowest BCUT2D eigenvalue weighted by molar-refractivity contribution is 0.302. The number of nitrogens with two attached hydrogens (primary N) is 1. The molecule has 0 saturated heterocycles. The molecule has 21 heavy (non-hydrogen) atoms. The van der Waals surface area contributed by atoms with Crippen LogP contribution in [0, 0.1) is 13.8 Å². The smallest absolute Gasteiger partial charge is 0.188 e. The van der Waals surface area contributed by atoms with E-state index in [0.29, 0.717) is 30.4 Å². The molecule has 2 aromatic rings. The van der Waals surface area contributed by atoms with Gasteiger partial charge in [-0.05, 0) is 20.8 Å². The number of nitrogen functional groups attached to an aromatic ring is 1. The van der Waals surface area contributed by atoms with Crippen LogP contribution in [0.4, 0.5) is 22.5 Å². The van der Waals surface area contributed by atoms with E-state index >= 15 is 0 Å². The van der Waals surface area contributed by atoms with Crippen molar-refractivity contribution in [3.05, 3.63) is 16.9 Å². The molecule has 2 aromatic heterocycles. The van der Waals surface area contributed by atoms with Gasteiger partial charge in [-0.2, -0.15) is 0 Å². The van der Waals surface area contributed by atoms with Gasteiger partial charge in [0.2, 0.25) is 0 Å². The fraction of sp³-hybridized carbons (Fsp3) is 0.462. The van der Waals surface area contributed by atoms with E-state index in [-0.39, 0.29) is 6.61 Å². The first-order valence-electron chi connectivity index (χ1n) is 6.74. The lowest BCUT2D eigenvalue weighted by atomic mass is 10.3. The third-order valence-corrected chi connectivity index (χ3v) is 4.16. The molecule has 0 saturated carbocycles. The van der Waals surface area contributed by atoms with Crippen molar-refractivity contribution < 1.29 is 5.11 Å². The standard InChI is InChI=1S/C13H20N6OS/c1-4-19(5-6-20)12-10(14)11(15-7-16-12)18-13-17-8(2)9(3)21-13/h7,20H,4-6,14H2,1-3H3,(H,15,16,17,18). The van der Waals surface area contributed by atoms with E-state index < -0.39 is 0 Å². The molecule has 0 atom stereocenters. The Morgan fingerprint density at radius 1 is 1.38 bits per heavy atom. The molecule has 0 fully saturated rings. The van der Waals surface area contributed by atoms with Gasteiger partial charge in [0.05, 0.1) is 12.3 Å². The number of rotatable bonds is 6. The van der Waals surface area contributed by atoms with Gasteiger partial charge in [-0.1, -0.05) is 0 Å². The van der Waals surface area contributed by atoms with Gasteiger partial charge in [0.25, 0.3) is 0 Å². The van der Waals surface area contributed by atoms with Crippen molar-refractivity contribution in [1.29, 1.82) is 0 Å². The Bertz CT molecular complexity index is 595. The first-order valence-corrected chi connectivity index (χ1v) is 7.55. The van der Waals surface area contributed by atoms with Gasteiger partial charge >= 0.3 is 0 Å². The molecule has 0 aliphatic heterocycles. The Kier molecular flexibility index (Phi) is 4.92. The third kappa shape index (κ3) is 3.40. The van der Waals surface area contributed by atoms with Gasteiger partial charge in [0.15, 0.2) is 16.8 Å². The van der Waals surface area contributed by atoms with Crippen LogP contribution in [0.15, 0.2) is 6.33 Å².